The van der Waals surface area contributed by atoms with Crippen molar-refractivity contribution in [3.05, 3.63) is 64.1 Å². The third kappa shape index (κ3) is 3.84. The maximum absolute atomic E-state index is 12.9. The summed E-state index contributed by atoms with van der Waals surface area (Å²) < 4.78 is 1.41. The molecule has 0 aliphatic carbocycles. The van der Waals surface area contributed by atoms with E-state index in [1.807, 2.05) is 6.07 Å². The second-order valence-corrected chi connectivity index (χ2v) is 7.09. The van der Waals surface area contributed by atoms with E-state index < -0.39 is 10.8 Å². The molecule has 1 saturated heterocycles. The molecule has 1 N–H and O–H groups in total. The summed E-state index contributed by atoms with van der Waals surface area (Å²) in [4.78, 5) is 30.1. The first kappa shape index (κ1) is 19.5. The minimum Gasteiger partial charge on any atom is -0.355 e. The highest BCUT2D eigenvalue weighted by Crippen LogP contribution is 2.26. The van der Waals surface area contributed by atoms with Gasteiger partial charge in [0.2, 0.25) is 0 Å². The van der Waals surface area contributed by atoms with Gasteiger partial charge in [0.15, 0.2) is 11.5 Å². The molecule has 0 saturated carbocycles. The van der Waals surface area contributed by atoms with Crippen molar-refractivity contribution in [2.24, 2.45) is 0 Å². The number of amides is 1. The van der Waals surface area contributed by atoms with Gasteiger partial charge in [-0.1, -0.05) is 11.3 Å². The molecule has 1 aliphatic heterocycles. The van der Waals surface area contributed by atoms with Crippen LogP contribution < -0.4 is 10.2 Å². The van der Waals surface area contributed by atoms with Crippen LogP contribution in [0.25, 0.3) is 5.69 Å². The fourth-order valence-electron chi connectivity index (χ4n) is 3.56. The zero-order valence-corrected chi connectivity index (χ0v) is 16.5. The van der Waals surface area contributed by atoms with Crippen LogP contribution in [0.4, 0.5) is 17.2 Å². The number of piperidine rings is 1. The minimum atomic E-state index is -0.478. The van der Waals surface area contributed by atoms with Crippen LogP contribution in [-0.2, 0) is 0 Å². The van der Waals surface area contributed by atoms with Crippen molar-refractivity contribution in [2.45, 2.75) is 26.2 Å². The monoisotopic (exact) mass is 407 g/mol. The summed E-state index contributed by atoms with van der Waals surface area (Å²) in [7, 11) is 0. The quantitative estimate of drug-likeness (QED) is 0.510. The van der Waals surface area contributed by atoms with Crippen LogP contribution in [0.3, 0.4) is 0 Å². The van der Waals surface area contributed by atoms with Crippen molar-refractivity contribution in [3.8, 4) is 5.69 Å². The Bertz CT molecular complexity index is 1090. The van der Waals surface area contributed by atoms with E-state index in [1.165, 1.54) is 23.2 Å². The Morgan fingerprint density at radius 3 is 2.73 bits per heavy atom. The van der Waals surface area contributed by atoms with E-state index >= 15 is 0 Å². The molecule has 0 unspecified atom stereocenters. The number of aromatic nitrogens is 4. The summed E-state index contributed by atoms with van der Waals surface area (Å²) in [5.41, 5.74) is 1.65. The van der Waals surface area contributed by atoms with E-state index in [0.29, 0.717) is 17.1 Å². The number of rotatable bonds is 5. The van der Waals surface area contributed by atoms with Crippen molar-refractivity contribution in [1.29, 1.82) is 0 Å². The number of anilines is 2. The number of nitro benzene ring substituents is 1. The van der Waals surface area contributed by atoms with Crippen LogP contribution in [0.5, 0.6) is 0 Å². The fourth-order valence-corrected chi connectivity index (χ4v) is 3.56. The number of nitrogens with one attached hydrogen (secondary N) is 1. The molecule has 1 amide bonds. The maximum Gasteiger partial charge on any atom is 0.278 e. The van der Waals surface area contributed by atoms with Crippen LogP contribution >= 0.6 is 0 Å². The molecule has 10 nitrogen and oxygen atoms in total. The van der Waals surface area contributed by atoms with E-state index in [0.717, 1.165) is 31.7 Å². The lowest BCUT2D eigenvalue weighted by Gasteiger charge is -2.29. The predicted molar refractivity (Wildman–Crippen MR) is 111 cm³/mol. The largest absolute Gasteiger partial charge is 0.355 e. The first-order valence-corrected chi connectivity index (χ1v) is 9.73. The van der Waals surface area contributed by atoms with Crippen LogP contribution in [0.15, 0.2) is 42.6 Å². The van der Waals surface area contributed by atoms with Crippen molar-refractivity contribution in [2.75, 3.05) is 23.3 Å². The molecule has 0 spiro atoms. The molecule has 154 valence electrons. The average molecular weight is 407 g/mol. The lowest BCUT2D eigenvalue weighted by molar-refractivity contribution is -0.384. The molecule has 3 heterocycles. The topological polar surface area (TPSA) is 119 Å². The molecule has 1 aliphatic rings. The number of benzene rings is 1. The number of nitrogens with zero attached hydrogens (tertiary/aromatic N) is 6. The zero-order chi connectivity index (χ0) is 21.1. The van der Waals surface area contributed by atoms with E-state index in [4.69, 9.17) is 0 Å². The second kappa shape index (κ2) is 8.27. The Kier molecular flexibility index (Phi) is 5.38. The highest BCUT2D eigenvalue weighted by Gasteiger charge is 2.21. The summed E-state index contributed by atoms with van der Waals surface area (Å²) >= 11 is 0. The summed E-state index contributed by atoms with van der Waals surface area (Å²) in [6.45, 7) is 3.51. The van der Waals surface area contributed by atoms with Crippen molar-refractivity contribution in [3.63, 3.8) is 0 Å². The summed E-state index contributed by atoms with van der Waals surface area (Å²) in [5, 5.41) is 21.9. The third-order valence-corrected chi connectivity index (χ3v) is 5.09. The Morgan fingerprint density at radius 2 is 1.97 bits per heavy atom. The van der Waals surface area contributed by atoms with Crippen molar-refractivity contribution < 1.29 is 9.72 Å². The molecule has 1 fully saturated rings. The number of hydrogen-bond acceptors (Lipinski definition) is 7. The fraction of sp³-hybridized carbons (Fsp3) is 0.300. The van der Waals surface area contributed by atoms with Gasteiger partial charge in [-0.05, 0) is 44.4 Å². The Morgan fingerprint density at radius 1 is 1.17 bits per heavy atom. The smallest absolute Gasteiger partial charge is 0.278 e. The number of hydrogen-bond donors (Lipinski definition) is 1. The van der Waals surface area contributed by atoms with E-state index in [9.17, 15) is 14.9 Å². The molecule has 4 rings (SSSR count). The van der Waals surface area contributed by atoms with Gasteiger partial charge in [-0.25, -0.2) is 9.67 Å². The van der Waals surface area contributed by atoms with Gasteiger partial charge in [0.1, 0.15) is 0 Å². The van der Waals surface area contributed by atoms with Gasteiger partial charge in [0.25, 0.3) is 11.6 Å². The summed E-state index contributed by atoms with van der Waals surface area (Å²) in [5.74, 6) is 0.338. The average Bonchev–Trinajstić information content (AvgIpc) is 3.16. The number of non-ortho nitro benzene ring substituents is 1. The number of carbonyl (C=O) groups excluding carboxylic acids is 1. The van der Waals surface area contributed by atoms with Gasteiger partial charge in [0.05, 0.1) is 22.0 Å². The lowest BCUT2D eigenvalue weighted by atomic mass is 10.1. The molecule has 2 aromatic heterocycles. The third-order valence-electron chi connectivity index (χ3n) is 5.09. The molecular weight excluding hydrogens is 386 g/mol. The molecule has 30 heavy (non-hydrogen) atoms. The second-order valence-electron chi connectivity index (χ2n) is 7.09. The molecule has 0 bridgehead atoms. The highest BCUT2D eigenvalue weighted by molar-refractivity contribution is 6.05. The van der Waals surface area contributed by atoms with Gasteiger partial charge in [-0.3, -0.25) is 14.9 Å². The van der Waals surface area contributed by atoms with Crippen molar-refractivity contribution >= 4 is 23.1 Å². The molecule has 10 heteroatoms. The van der Waals surface area contributed by atoms with Crippen LogP contribution in [-0.4, -0.2) is 43.9 Å². The van der Waals surface area contributed by atoms with Crippen LogP contribution in [0.1, 0.15) is 35.4 Å². The molecule has 1 aromatic carbocycles. The number of nitro groups is 1. The number of carbonyl (C=O) groups is 1. The molecule has 0 atom stereocenters. The van der Waals surface area contributed by atoms with Gasteiger partial charge < -0.3 is 10.2 Å². The normalized spacial score (nSPS) is 13.8. The Labute approximate surface area is 172 Å². The summed E-state index contributed by atoms with van der Waals surface area (Å²) in [6.07, 6.45) is 5.11. The zero-order valence-electron chi connectivity index (χ0n) is 16.5. The maximum atomic E-state index is 12.9. The van der Waals surface area contributed by atoms with Crippen LogP contribution in [0.2, 0.25) is 0 Å². The van der Waals surface area contributed by atoms with E-state index in [2.05, 4.69) is 25.5 Å². The first-order chi connectivity index (χ1) is 14.5. The highest BCUT2D eigenvalue weighted by atomic mass is 16.6. The van der Waals surface area contributed by atoms with Crippen LogP contribution in [0, 0.1) is 17.0 Å². The van der Waals surface area contributed by atoms with Gasteiger partial charge in [-0.15, -0.1) is 5.10 Å². The van der Waals surface area contributed by atoms with Gasteiger partial charge in [-0.2, -0.15) is 0 Å². The molecular formula is C20H21N7O3. The Balaban J connectivity index is 1.59. The molecule has 0 radical (unpaired) electrons. The van der Waals surface area contributed by atoms with Gasteiger partial charge >= 0.3 is 0 Å². The molecule has 3 aromatic rings. The standard InChI is InChI=1S/C20H21N7O3/c1-14-18(23-24-26(14)15-7-5-8-16(13-15)27(29)30)20(28)22-17-9-6-10-21-19(17)25-11-3-2-4-12-25/h5-10,13H,2-4,11-12H2,1H3,(H,22,28). The van der Waals surface area contributed by atoms with Gasteiger partial charge in [0, 0.05) is 31.4 Å². The van der Waals surface area contributed by atoms with E-state index in [-0.39, 0.29) is 11.4 Å². The lowest BCUT2D eigenvalue weighted by Crippen LogP contribution is -2.31. The summed E-state index contributed by atoms with van der Waals surface area (Å²) in [6, 6.07) is 9.61. The predicted octanol–water partition coefficient (Wildman–Crippen LogP) is 3.12. The minimum absolute atomic E-state index is 0.0602. The SMILES string of the molecule is Cc1c(C(=O)Nc2cccnc2N2CCCCC2)nnn1-c1cccc([N+](=O)[O-])c1. The number of pyridine rings is 1. The van der Waals surface area contributed by atoms with E-state index in [1.54, 1.807) is 31.3 Å². The first-order valence-electron chi connectivity index (χ1n) is 9.73. The Hall–Kier alpha value is -3.82. The van der Waals surface area contributed by atoms with Crippen molar-refractivity contribution in [1.82, 2.24) is 20.0 Å².